The second kappa shape index (κ2) is 7.69. The number of nitrogens with zero attached hydrogens (tertiary/aromatic N) is 4. The van der Waals surface area contributed by atoms with Gasteiger partial charge in [-0.15, -0.1) is 0 Å². The summed E-state index contributed by atoms with van der Waals surface area (Å²) in [6.45, 7) is 3.07. The van der Waals surface area contributed by atoms with E-state index in [1.807, 2.05) is 9.80 Å². The van der Waals surface area contributed by atoms with Gasteiger partial charge in [0, 0.05) is 45.2 Å². The predicted molar refractivity (Wildman–Crippen MR) is 102 cm³/mol. The summed E-state index contributed by atoms with van der Waals surface area (Å²) in [7, 11) is 1.69. The minimum atomic E-state index is -0.501. The van der Waals surface area contributed by atoms with Gasteiger partial charge in [-0.1, -0.05) is 12.8 Å². The highest BCUT2D eigenvalue weighted by molar-refractivity contribution is 5.93. The van der Waals surface area contributed by atoms with Crippen molar-refractivity contribution in [3.05, 3.63) is 21.5 Å². The zero-order valence-electron chi connectivity index (χ0n) is 16.4. The molecule has 0 aromatic heterocycles. The second-order valence-electron chi connectivity index (χ2n) is 8.33. The lowest BCUT2D eigenvalue weighted by molar-refractivity contribution is -0.424. The zero-order chi connectivity index (χ0) is 19.8. The van der Waals surface area contributed by atoms with Crippen LogP contribution in [0.2, 0.25) is 0 Å². The highest BCUT2D eigenvalue weighted by Crippen LogP contribution is 2.40. The molecule has 9 heteroatoms. The number of nitrogens with one attached hydrogen (secondary N) is 1. The quantitative estimate of drug-likeness (QED) is 0.552. The Balaban J connectivity index is 1.55. The Labute approximate surface area is 164 Å². The van der Waals surface area contributed by atoms with Gasteiger partial charge in [-0.3, -0.25) is 19.7 Å². The van der Waals surface area contributed by atoms with Crippen LogP contribution in [0, 0.1) is 16.0 Å². The summed E-state index contributed by atoms with van der Waals surface area (Å²) >= 11 is 0. The molecule has 0 radical (unpaired) electrons. The molecule has 2 amide bonds. The molecule has 0 bridgehead atoms. The number of nitro groups is 1. The lowest BCUT2D eigenvalue weighted by Gasteiger charge is -2.46. The van der Waals surface area contributed by atoms with E-state index < -0.39 is 10.8 Å². The molecular weight excluding hydrogens is 362 g/mol. The van der Waals surface area contributed by atoms with Crippen LogP contribution < -0.4 is 5.32 Å². The Bertz CT molecular complexity index is 694. The Morgan fingerprint density at radius 2 is 1.82 bits per heavy atom. The van der Waals surface area contributed by atoms with Crippen LogP contribution in [0.3, 0.4) is 0 Å². The fourth-order valence-electron chi connectivity index (χ4n) is 5.34. The van der Waals surface area contributed by atoms with Crippen molar-refractivity contribution in [2.24, 2.45) is 5.92 Å². The average molecular weight is 391 g/mol. The molecule has 0 aromatic carbocycles. The van der Waals surface area contributed by atoms with Crippen molar-refractivity contribution in [3.63, 3.8) is 0 Å². The van der Waals surface area contributed by atoms with Crippen molar-refractivity contribution in [1.29, 1.82) is 0 Å². The van der Waals surface area contributed by atoms with Gasteiger partial charge < -0.3 is 20.0 Å². The minimum absolute atomic E-state index is 0.0237. The molecule has 0 spiro atoms. The Morgan fingerprint density at radius 3 is 2.46 bits per heavy atom. The molecule has 3 fully saturated rings. The normalized spacial score (nSPS) is 31.2. The molecule has 0 aromatic rings. The summed E-state index contributed by atoms with van der Waals surface area (Å²) in [4.78, 5) is 42.1. The topological polar surface area (TPSA) is 99.0 Å². The van der Waals surface area contributed by atoms with Gasteiger partial charge in [0.25, 0.3) is 0 Å². The molecule has 4 aliphatic rings. The van der Waals surface area contributed by atoms with E-state index in [9.17, 15) is 19.7 Å². The first-order chi connectivity index (χ1) is 13.5. The predicted octanol–water partition coefficient (Wildman–Crippen LogP) is 0.402. The number of hydrogen-bond acceptors (Lipinski definition) is 6. The summed E-state index contributed by atoms with van der Waals surface area (Å²) in [5, 5.41) is 15.0. The SMILES string of the molecule is CN1C(=O)C([N+](=O)[O-])=C(N2CCN(C(=O)C3CCCN3)CC2)C2CCCCC21. The van der Waals surface area contributed by atoms with Gasteiger partial charge in [0.15, 0.2) is 0 Å². The largest absolute Gasteiger partial charge is 0.365 e. The summed E-state index contributed by atoms with van der Waals surface area (Å²) in [6, 6.07) is -0.0463. The fraction of sp³-hybridized carbons (Fsp3) is 0.789. The second-order valence-corrected chi connectivity index (χ2v) is 8.33. The number of hydrogen-bond donors (Lipinski definition) is 1. The Hall–Kier alpha value is -2.16. The molecule has 3 aliphatic heterocycles. The van der Waals surface area contributed by atoms with Gasteiger partial charge in [0.1, 0.15) is 5.70 Å². The molecule has 2 saturated heterocycles. The summed E-state index contributed by atoms with van der Waals surface area (Å²) in [5.74, 6) is -0.317. The Morgan fingerprint density at radius 1 is 1.11 bits per heavy atom. The third kappa shape index (κ3) is 3.25. The highest BCUT2D eigenvalue weighted by atomic mass is 16.6. The van der Waals surface area contributed by atoms with Gasteiger partial charge in [-0.25, -0.2) is 0 Å². The van der Waals surface area contributed by atoms with Gasteiger partial charge in [-0.05, 0) is 32.2 Å². The molecule has 3 unspecified atom stereocenters. The lowest BCUT2D eigenvalue weighted by atomic mass is 9.78. The van der Waals surface area contributed by atoms with E-state index >= 15 is 0 Å². The molecule has 1 saturated carbocycles. The molecule has 3 atom stereocenters. The van der Waals surface area contributed by atoms with Gasteiger partial charge >= 0.3 is 11.6 Å². The average Bonchev–Trinajstić information content (AvgIpc) is 3.25. The molecule has 1 aliphatic carbocycles. The van der Waals surface area contributed by atoms with Crippen LogP contribution in [0.25, 0.3) is 0 Å². The number of rotatable bonds is 3. The van der Waals surface area contributed by atoms with Crippen LogP contribution in [0.1, 0.15) is 38.5 Å². The van der Waals surface area contributed by atoms with Crippen molar-refractivity contribution in [1.82, 2.24) is 20.0 Å². The van der Waals surface area contributed by atoms with Crippen molar-refractivity contribution in [3.8, 4) is 0 Å². The number of carbonyl (C=O) groups excluding carboxylic acids is 2. The molecule has 4 rings (SSSR count). The zero-order valence-corrected chi connectivity index (χ0v) is 16.4. The number of carbonyl (C=O) groups is 2. The van der Waals surface area contributed by atoms with E-state index in [2.05, 4.69) is 5.32 Å². The first-order valence-corrected chi connectivity index (χ1v) is 10.4. The molecule has 28 heavy (non-hydrogen) atoms. The van der Waals surface area contributed by atoms with Gasteiger partial charge in [0.05, 0.1) is 11.0 Å². The molecule has 3 heterocycles. The Kier molecular flexibility index (Phi) is 5.27. The van der Waals surface area contributed by atoms with E-state index in [4.69, 9.17) is 0 Å². The van der Waals surface area contributed by atoms with E-state index in [1.54, 1.807) is 11.9 Å². The first-order valence-electron chi connectivity index (χ1n) is 10.4. The highest BCUT2D eigenvalue weighted by Gasteiger charge is 2.48. The van der Waals surface area contributed by atoms with Crippen molar-refractivity contribution in [2.45, 2.75) is 50.6 Å². The minimum Gasteiger partial charge on any atom is -0.365 e. The number of amides is 2. The van der Waals surface area contributed by atoms with E-state index in [0.29, 0.717) is 31.9 Å². The molecule has 1 N–H and O–H groups in total. The summed E-state index contributed by atoms with van der Waals surface area (Å²) in [6.07, 6.45) is 5.75. The van der Waals surface area contributed by atoms with Gasteiger partial charge in [-0.2, -0.15) is 0 Å². The third-order valence-electron chi connectivity index (χ3n) is 6.82. The van der Waals surface area contributed by atoms with Crippen LogP contribution >= 0.6 is 0 Å². The monoisotopic (exact) mass is 391 g/mol. The first kappa shape index (κ1) is 19.2. The van der Waals surface area contributed by atoms with E-state index in [0.717, 1.165) is 45.1 Å². The number of likely N-dealkylation sites (N-methyl/N-ethyl adjacent to an activating group) is 1. The molecule has 154 valence electrons. The van der Waals surface area contributed by atoms with Crippen LogP contribution in [-0.4, -0.2) is 83.3 Å². The molecule has 9 nitrogen and oxygen atoms in total. The summed E-state index contributed by atoms with van der Waals surface area (Å²) in [5.41, 5.74) is 0.353. The maximum Gasteiger partial charge on any atom is 0.352 e. The number of piperazine rings is 1. The van der Waals surface area contributed by atoms with Crippen LogP contribution in [-0.2, 0) is 9.59 Å². The van der Waals surface area contributed by atoms with Crippen LogP contribution in [0.4, 0.5) is 0 Å². The van der Waals surface area contributed by atoms with Crippen molar-refractivity contribution >= 4 is 11.8 Å². The van der Waals surface area contributed by atoms with E-state index in [-0.39, 0.29) is 29.6 Å². The molecular formula is C19H29N5O4. The lowest BCUT2D eigenvalue weighted by Crippen LogP contribution is -2.57. The standard InChI is InChI=1S/C19H29N5O4/c1-21-15-7-3-2-5-13(15)16(17(19(21)26)24(27)28)22-9-11-23(12-10-22)18(25)14-6-4-8-20-14/h13-15,20H,2-12H2,1H3. The van der Waals surface area contributed by atoms with Crippen LogP contribution in [0.5, 0.6) is 0 Å². The van der Waals surface area contributed by atoms with Gasteiger partial charge in [0.2, 0.25) is 5.91 Å². The smallest absolute Gasteiger partial charge is 0.352 e. The maximum absolute atomic E-state index is 12.7. The fourth-order valence-corrected chi connectivity index (χ4v) is 5.34. The number of fused-ring (bicyclic) bond motifs is 1. The maximum atomic E-state index is 12.7. The van der Waals surface area contributed by atoms with Crippen molar-refractivity contribution in [2.75, 3.05) is 39.8 Å². The van der Waals surface area contributed by atoms with Crippen LogP contribution in [0.15, 0.2) is 11.4 Å². The van der Waals surface area contributed by atoms with Crippen molar-refractivity contribution < 1.29 is 14.5 Å². The van der Waals surface area contributed by atoms with E-state index in [1.165, 1.54) is 0 Å². The third-order valence-corrected chi connectivity index (χ3v) is 6.82. The summed E-state index contributed by atoms with van der Waals surface area (Å²) < 4.78 is 0.